The first-order valence-electron chi connectivity index (χ1n) is 11.9. The highest BCUT2D eigenvalue weighted by Crippen LogP contribution is 2.51. The summed E-state index contributed by atoms with van der Waals surface area (Å²) in [5.41, 5.74) is 1.55. The summed E-state index contributed by atoms with van der Waals surface area (Å²) in [5, 5.41) is 8.86. The lowest BCUT2D eigenvalue weighted by atomic mass is 9.61. The SMILES string of the molecule is Fc1ccc(Cl)c(-c2ccc(OC3CC4(CCN(CC5CC6C=CC5C6)CC4)C3)nn2)c1. The van der Waals surface area contributed by atoms with E-state index >= 15 is 0 Å². The molecule has 4 nitrogen and oxygen atoms in total. The molecular formula is C26H29ClFN3O. The van der Waals surface area contributed by atoms with E-state index in [2.05, 4.69) is 27.2 Å². The Balaban J connectivity index is 0.990. The van der Waals surface area contributed by atoms with Crippen molar-refractivity contribution in [3.8, 4) is 17.1 Å². The monoisotopic (exact) mass is 453 g/mol. The minimum absolute atomic E-state index is 0.218. The lowest BCUT2D eigenvalue weighted by molar-refractivity contribution is -0.0592. The number of allylic oxidation sites excluding steroid dienone is 2. The van der Waals surface area contributed by atoms with Crippen LogP contribution in [0, 0.1) is 29.0 Å². The Morgan fingerprint density at radius 1 is 1.06 bits per heavy atom. The number of fused-ring (bicyclic) bond motifs is 2. The van der Waals surface area contributed by atoms with Crippen molar-refractivity contribution >= 4 is 11.6 Å². The maximum atomic E-state index is 13.5. The number of hydrogen-bond donors (Lipinski definition) is 0. The van der Waals surface area contributed by atoms with Gasteiger partial charge < -0.3 is 9.64 Å². The predicted octanol–water partition coefficient (Wildman–Crippen LogP) is 5.77. The summed E-state index contributed by atoms with van der Waals surface area (Å²) in [6, 6.07) is 7.85. The normalized spacial score (nSPS) is 28.9. The summed E-state index contributed by atoms with van der Waals surface area (Å²) in [7, 11) is 0. The third kappa shape index (κ3) is 3.94. The molecule has 3 aliphatic carbocycles. The first-order valence-corrected chi connectivity index (χ1v) is 12.3. The van der Waals surface area contributed by atoms with Gasteiger partial charge in [0.25, 0.3) is 0 Å². The van der Waals surface area contributed by atoms with Gasteiger partial charge in [0, 0.05) is 18.2 Å². The molecule has 3 fully saturated rings. The van der Waals surface area contributed by atoms with Crippen LogP contribution in [0.15, 0.2) is 42.5 Å². The molecule has 32 heavy (non-hydrogen) atoms. The standard InChI is InChI=1S/C26H29ClFN3O/c27-23-4-3-20(28)13-22(23)24-5-6-25(30-29-24)32-21-14-26(15-21)7-9-31(10-8-26)16-19-12-17-1-2-18(19)11-17/h1-6,13,17-19,21H,7-12,14-16H2. The molecule has 0 amide bonds. The van der Waals surface area contributed by atoms with E-state index in [1.54, 1.807) is 12.1 Å². The van der Waals surface area contributed by atoms with E-state index in [1.807, 2.05) is 0 Å². The summed E-state index contributed by atoms with van der Waals surface area (Å²) in [4.78, 5) is 2.71. The number of nitrogens with zero attached hydrogens (tertiary/aromatic N) is 3. The summed E-state index contributed by atoms with van der Waals surface area (Å²) >= 11 is 6.17. The Morgan fingerprint density at radius 3 is 2.59 bits per heavy atom. The number of piperidine rings is 1. The Hall–Kier alpha value is -1.98. The fourth-order valence-corrected chi connectivity index (χ4v) is 6.65. The molecule has 1 aromatic carbocycles. The van der Waals surface area contributed by atoms with Gasteiger partial charge in [-0.3, -0.25) is 0 Å². The van der Waals surface area contributed by atoms with Crippen molar-refractivity contribution < 1.29 is 9.13 Å². The van der Waals surface area contributed by atoms with Gasteiger partial charge in [0.15, 0.2) is 0 Å². The maximum Gasteiger partial charge on any atom is 0.233 e. The number of likely N-dealkylation sites (tertiary alicyclic amines) is 1. The van der Waals surface area contributed by atoms with E-state index in [0.29, 0.717) is 27.6 Å². The molecule has 2 bridgehead atoms. The number of aromatic nitrogens is 2. The minimum atomic E-state index is -0.343. The first kappa shape index (κ1) is 20.6. The second-order valence-electron chi connectivity index (χ2n) is 10.4. The number of hydrogen-bond acceptors (Lipinski definition) is 4. The van der Waals surface area contributed by atoms with Crippen LogP contribution in [0.5, 0.6) is 5.88 Å². The van der Waals surface area contributed by atoms with Crippen molar-refractivity contribution in [3.05, 3.63) is 53.3 Å². The Bertz CT molecular complexity index is 1010. The van der Waals surface area contributed by atoms with Gasteiger partial charge in [0.1, 0.15) is 11.9 Å². The molecule has 2 aromatic rings. The van der Waals surface area contributed by atoms with Crippen molar-refractivity contribution in [3.63, 3.8) is 0 Å². The van der Waals surface area contributed by atoms with E-state index in [0.717, 1.165) is 30.6 Å². The molecule has 4 aliphatic rings. The molecular weight excluding hydrogens is 425 g/mol. The summed E-state index contributed by atoms with van der Waals surface area (Å²) in [6.45, 7) is 3.75. The summed E-state index contributed by atoms with van der Waals surface area (Å²) < 4.78 is 19.6. The first-order chi connectivity index (χ1) is 15.6. The molecule has 1 spiro atoms. The third-order valence-electron chi connectivity index (χ3n) is 8.28. The average Bonchev–Trinajstić information content (AvgIpc) is 3.40. The smallest absolute Gasteiger partial charge is 0.233 e. The van der Waals surface area contributed by atoms with Gasteiger partial charge in [-0.15, -0.1) is 10.2 Å². The minimum Gasteiger partial charge on any atom is -0.473 e. The number of benzene rings is 1. The van der Waals surface area contributed by atoms with Crippen LogP contribution in [0.4, 0.5) is 4.39 Å². The van der Waals surface area contributed by atoms with Gasteiger partial charge in [-0.25, -0.2) is 4.39 Å². The lowest BCUT2D eigenvalue weighted by Gasteiger charge is -2.52. The highest BCUT2D eigenvalue weighted by Gasteiger charge is 2.47. The number of halogens is 2. The molecule has 3 unspecified atom stereocenters. The van der Waals surface area contributed by atoms with Gasteiger partial charge in [0.2, 0.25) is 5.88 Å². The molecule has 2 saturated carbocycles. The summed E-state index contributed by atoms with van der Waals surface area (Å²) in [6.07, 6.45) is 12.7. The van der Waals surface area contributed by atoms with Gasteiger partial charge in [-0.05, 0) is 99.0 Å². The van der Waals surface area contributed by atoms with E-state index in [1.165, 1.54) is 63.5 Å². The zero-order valence-electron chi connectivity index (χ0n) is 18.2. The lowest BCUT2D eigenvalue weighted by Crippen LogP contribution is -2.51. The van der Waals surface area contributed by atoms with Crippen LogP contribution in [-0.2, 0) is 0 Å². The van der Waals surface area contributed by atoms with Crippen LogP contribution >= 0.6 is 11.6 Å². The molecule has 1 aliphatic heterocycles. The highest BCUT2D eigenvalue weighted by molar-refractivity contribution is 6.33. The third-order valence-corrected chi connectivity index (χ3v) is 8.61. The second kappa shape index (κ2) is 8.11. The average molecular weight is 454 g/mol. The number of rotatable bonds is 5. The van der Waals surface area contributed by atoms with Crippen molar-refractivity contribution in [2.24, 2.45) is 23.2 Å². The van der Waals surface area contributed by atoms with Crippen LogP contribution in [0.25, 0.3) is 11.3 Å². The molecule has 0 radical (unpaired) electrons. The van der Waals surface area contributed by atoms with Crippen molar-refractivity contribution in [1.82, 2.24) is 15.1 Å². The van der Waals surface area contributed by atoms with Crippen molar-refractivity contribution in [2.75, 3.05) is 19.6 Å². The van der Waals surface area contributed by atoms with Gasteiger partial charge in [0.05, 0.1) is 10.7 Å². The molecule has 168 valence electrons. The summed E-state index contributed by atoms with van der Waals surface area (Å²) in [5.74, 6) is 2.79. The molecule has 6 rings (SSSR count). The molecule has 2 heterocycles. The fourth-order valence-electron chi connectivity index (χ4n) is 6.43. The molecule has 6 heteroatoms. The molecule has 1 saturated heterocycles. The largest absolute Gasteiger partial charge is 0.473 e. The van der Waals surface area contributed by atoms with Gasteiger partial charge >= 0.3 is 0 Å². The zero-order chi connectivity index (χ0) is 21.7. The van der Waals surface area contributed by atoms with Crippen LogP contribution in [-0.4, -0.2) is 40.8 Å². The Kier molecular flexibility index (Phi) is 5.22. The Labute approximate surface area is 193 Å². The van der Waals surface area contributed by atoms with Crippen molar-refractivity contribution in [1.29, 1.82) is 0 Å². The zero-order valence-corrected chi connectivity index (χ0v) is 19.0. The van der Waals surface area contributed by atoms with Crippen LogP contribution in [0.1, 0.15) is 38.5 Å². The van der Waals surface area contributed by atoms with E-state index < -0.39 is 0 Å². The quantitative estimate of drug-likeness (QED) is 0.538. The van der Waals surface area contributed by atoms with Gasteiger partial charge in [-0.2, -0.15) is 0 Å². The molecule has 3 atom stereocenters. The van der Waals surface area contributed by atoms with Gasteiger partial charge in [-0.1, -0.05) is 23.8 Å². The van der Waals surface area contributed by atoms with Crippen LogP contribution < -0.4 is 4.74 Å². The van der Waals surface area contributed by atoms with E-state index in [4.69, 9.17) is 16.3 Å². The topological polar surface area (TPSA) is 38.2 Å². The van der Waals surface area contributed by atoms with E-state index in [-0.39, 0.29) is 11.9 Å². The maximum absolute atomic E-state index is 13.5. The fraction of sp³-hybridized carbons (Fsp3) is 0.538. The molecule has 1 aromatic heterocycles. The van der Waals surface area contributed by atoms with E-state index in [9.17, 15) is 4.39 Å². The van der Waals surface area contributed by atoms with Crippen molar-refractivity contribution in [2.45, 2.75) is 44.6 Å². The predicted molar refractivity (Wildman–Crippen MR) is 123 cm³/mol. The second-order valence-corrected chi connectivity index (χ2v) is 10.8. The highest BCUT2D eigenvalue weighted by atomic mass is 35.5. The number of ether oxygens (including phenoxy) is 1. The van der Waals surface area contributed by atoms with Crippen LogP contribution in [0.2, 0.25) is 5.02 Å². The molecule has 0 N–H and O–H groups in total. The Morgan fingerprint density at radius 2 is 1.91 bits per heavy atom. The van der Waals surface area contributed by atoms with Crippen LogP contribution in [0.3, 0.4) is 0 Å².